The van der Waals surface area contributed by atoms with Crippen molar-refractivity contribution in [3.63, 3.8) is 0 Å². The van der Waals surface area contributed by atoms with Crippen LogP contribution in [-0.2, 0) is 0 Å². The van der Waals surface area contributed by atoms with E-state index in [2.05, 4.69) is 43.1 Å². The first kappa shape index (κ1) is 18.0. The molecule has 2 aromatic rings. The Labute approximate surface area is 155 Å². The summed E-state index contributed by atoms with van der Waals surface area (Å²) in [5.41, 5.74) is 12.4. The summed E-state index contributed by atoms with van der Waals surface area (Å²) in [5.74, 6) is 6.58. The Hall–Kier alpha value is -2.85. The highest BCUT2D eigenvalue weighted by molar-refractivity contribution is 5.72. The molecule has 0 aliphatic heterocycles. The zero-order valence-corrected chi connectivity index (χ0v) is 15.4. The zero-order valence-electron chi connectivity index (χ0n) is 15.4. The Kier molecular flexibility index (Phi) is 5.54. The second-order valence-electron chi connectivity index (χ2n) is 6.79. The number of nitrogens with zero attached hydrogens (tertiary/aromatic N) is 2. The van der Waals surface area contributed by atoms with E-state index in [4.69, 9.17) is 11.6 Å². The molecule has 134 valence electrons. The second kappa shape index (κ2) is 8.02. The Morgan fingerprint density at radius 1 is 1.23 bits per heavy atom. The summed E-state index contributed by atoms with van der Waals surface area (Å²) in [6.45, 7) is 4.34. The van der Waals surface area contributed by atoms with Crippen molar-refractivity contribution in [2.75, 3.05) is 0 Å². The van der Waals surface area contributed by atoms with Gasteiger partial charge in [-0.1, -0.05) is 44.2 Å². The summed E-state index contributed by atoms with van der Waals surface area (Å²) in [6, 6.07) is 12.2. The van der Waals surface area contributed by atoms with Gasteiger partial charge in [0.25, 0.3) is 0 Å². The number of benzene rings is 1. The number of aromatic nitrogens is 1. The van der Waals surface area contributed by atoms with Crippen LogP contribution in [0.1, 0.15) is 43.7 Å². The molecular formula is C22H26N4. The molecule has 0 saturated carbocycles. The molecule has 0 spiro atoms. The van der Waals surface area contributed by atoms with Gasteiger partial charge in [-0.3, -0.25) is 9.99 Å². The van der Waals surface area contributed by atoms with E-state index in [9.17, 15) is 0 Å². The van der Waals surface area contributed by atoms with Crippen molar-refractivity contribution >= 4 is 5.70 Å². The summed E-state index contributed by atoms with van der Waals surface area (Å²) >= 11 is 0. The standard InChI is InChI=1S/C22H26N4/c1-16(2)19-12-11-17(22-10-6-7-13-25-22)14-20(19)21(23)15-26(24)18-8-4-3-5-9-18/h3-4,6-8,10-16H,5,9,23-24H2,1-2H3/b21-15-. The van der Waals surface area contributed by atoms with Crippen LogP contribution >= 0.6 is 0 Å². The van der Waals surface area contributed by atoms with Crippen molar-refractivity contribution in [2.45, 2.75) is 32.6 Å². The molecule has 26 heavy (non-hydrogen) atoms. The molecular weight excluding hydrogens is 320 g/mol. The quantitative estimate of drug-likeness (QED) is 0.616. The van der Waals surface area contributed by atoms with E-state index >= 15 is 0 Å². The lowest BCUT2D eigenvalue weighted by molar-refractivity contribution is 0.469. The third-order valence-corrected chi connectivity index (χ3v) is 4.55. The topological polar surface area (TPSA) is 68.2 Å². The van der Waals surface area contributed by atoms with Crippen LogP contribution in [0.4, 0.5) is 0 Å². The number of allylic oxidation sites excluding steroid dienone is 4. The normalized spacial score (nSPS) is 14.5. The van der Waals surface area contributed by atoms with Gasteiger partial charge in [-0.2, -0.15) is 0 Å². The number of hydrazine groups is 1. The maximum absolute atomic E-state index is 6.46. The lowest BCUT2D eigenvalue weighted by Gasteiger charge is -2.21. The van der Waals surface area contributed by atoms with Gasteiger partial charge in [-0.25, -0.2) is 5.84 Å². The maximum Gasteiger partial charge on any atom is 0.0702 e. The van der Waals surface area contributed by atoms with Gasteiger partial charge in [0.05, 0.1) is 11.4 Å². The first-order chi connectivity index (χ1) is 12.6. The van der Waals surface area contributed by atoms with Crippen LogP contribution in [0.3, 0.4) is 0 Å². The van der Waals surface area contributed by atoms with Crippen LogP contribution in [0.25, 0.3) is 17.0 Å². The first-order valence-corrected chi connectivity index (χ1v) is 8.99. The molecule has 1 aromatic carbocycles. The highest BCUT2D eigenvalue weighted by Gasteiger charge is 2.13. The number of pyridine rings is 1. The summed E-state index contributed by atoms with van der Waals surface area (Å²) < 4.78 is 0. The van der Waals surface area contributed by atoms with Crippen LogP contribution in [-0.4, -0.2) is 9.99 Å². The largest absolute Gasteiger partial charge is 0.397 e. The molecule has 1 aliphatic carbocycles. The lowest BCUT2D eigenvalue weighted by Crippen LogP contribution is -2.26. The molecule has 4 heteroatoms. The summed E-state index contributed by atoms with van der Waals surface area (Å²) in [4.78, 5) is 4.45. The van der Waals surface area contributed by atoms with Crippen molar-refractivity contribution < 1.29 is 0 Å². The fourth-order valence-electron chi connectivity index (χ4n) is 3.11. The number of rotatable bonds is 5. The van der Waals surface area contributed by atoms with Crippen molar-refractivity contribution in [3.8, 4) is 11.3 Å². The van der Waals surface area contributed by atoms with E-state index in [0.717, 1.165) is 35.4 Å². The zero-order chi connectivity index (χ0) is 18.5. The molecule has 1 aromatic heterocycles. The molecule has 0 atom stereocenters. The van der Waals surface area contributed by atoms with Gasteiger partial charge in [0.15, 0.2) is 0 Å². The average molecular weight is 346 g/mol. The van der Waals surface area contributed by atoms with Crippen LogP contribution < -0.4 is 11.6 Å². The third-order valence-electron chi connectivity index (χ3n) is 4.55. The molecule has 0 saturated heterocycles. The summed E-state index contributed by atoms with van der Waals surface area (Å²) in [6.07, 6.45) is 11.7. The molecule has 4 nitrogen and oxygen atoms in total. The van der Waals surface area contributed by atoms with Gasteiger partial charge in [-0.15, -0.1) is 0 Å². The molecule has 1 heterocycles. The fourth-order valence-corrected chi connectivity index (χ4v) is 3.11. The molecule has 0 unspecified atom stereocenters. The predicted molar refractivity (Wildman–Crippen MR) is 108 cm³/mol. The minimum absolute atomic E-state index is 0.359. The van der Waals surface area contributed by atoms with Gasteiger partial charge >= 0.3 is 0 Å². The number of hydrogen-bond acceptors (Lipinski definition) is 4. The van der Waals surface area contributed by atoms with E-state index in [1.54, 1.807) is 11.2 Å². The lowest BCUT2D eigenvalue weighted by atomic mass is 9.93. The van der Waals surface area contributed by atoms with Gasteiger partial charge in [0.2, 0.25) is 0 Å². The molecule has 4 N–H and O–H groups in total. The van der Waals surface area contributed by atoms with Crippen LogP contribution in [0.5, 0.6) is 0 Å². The maximum atomic E-state index is 6.46. The van der Waals surface area contributed by atoms with E-state index < -0.39 is 0 Å². The van der Waals surface area contributed by atoms with E-state index in [-0.39, 0.29) is 0 Å². The van der Waals surface area contributed by atoms with Crippen LogP contribution in [0, 0.1) is 0 Å². The van der Waals surface area contributed by atoms with Gasteiger partial charge < -0.3 is 5.73 Å². The number of hydrogen-bond donors (Lipinski definition) is 2. The van der Waals surface area contributed by atoms with Gasteiger partial charge in [0.1, 0.15) is 0 Å². The minimum atomic E-state index is 0.359. The van der Waals surface area contributed by atoms with E-state index in [0.29, 0.717) is 11.6 Å². The SMILES string of the molecule is CC(C)c1ccc(-c2ccccn2)cc1/C(N)=C/N(N)C1=CC=CCC1. The van der Waals surface area contributed by atoms with Crippen molar-refractivity contribution in [1.82, 2.24) is 9.99 Å². The van der Waals surface area contributed by atoms with Crippen LogP contribution in [0.2, 0.25) is 0 Å². The van der Waals surface area contributed by atoms with Gasteiger partial charge in [-0.05, 0) is 48.6 Å². The Morgan fingerprint density at radius 3 is 2.73 bits per heavy atom. The van der Waals surface area contributed by atoms with E-state index in [1.807, 2.05) is 36.6 Å². The second-order valence-corrected chi connectivity index (χ2v) is 6.79. The first-order valence-electron chi connectivity index (χ1n) is 8.99. The number of nitrogens with two attached hydrogens (primary N) is 2. The molecule has 0 radical (unpaired) electrons. The predicted octanol–water partition coefficient (Wildman–Crippen LogP) is 4.54. The molecule has 3 rings (SSSR count). The summed E-state index contributed by atoms with van der Waals surface area (Å²) in [5, 5.41) is 1.64. The minimum Gasteiger partial charge on any atom is -0.397 e. The van der Waals surface area contributed by atoms with Crippen molar-refractivity contribution in [3.05, 3.63) is 83.8 Å². The average Bonchev–Trinajstić information content (AvgIpc) is 2.68. The highest BCUT2D eigenvalue weighted by atomic mass is 15.4. The molecule has 1 aliphatic rings. The summed E-state index contributed by atoms with van der Waals surface area (Å²) in [7, 11) is 0. The van der Waals surface area contributed by atoms with E-state index in [1.165, 1.54) is 5.56 Å². The Bertz CT molecular complexity index is 848. The Morgan fingerprint density at radius 2 is 2.08 bits per heavy atom. The molecule has 0 bridgehead atoms. The van der Waals surface area contributed by atoms with Crippen molar-refractivity contribution in [2.24, 2.45) is 11.6 Å². The molecule has 0 amide bonds. The van der Waals surface area contributed by atoms with Crippen LogP contribution in [0.15, 0.2) is 72.7 Å². The highest BCUT2D eigenvalue weighted by Crippen LogP contribution is 2.29. The monoisotopic (exact) mass is 346 g/mol. The van der Waals surface area contributed by atoms with Crippen molar-refractivity contribution in [1.29, 1.82) is 0 Å². The third kappa shape index (κ3) is 4.03. The van der Waals surface area contributed by atoms with Gasteiger partial charge in [0, 0.05) is 29.2 Å². The Balaban J connectivity index is 1.99. The smallest absolute Gasteiger partial charge is 0.0702 e. The molecule has 0 fully saturated rings. The fraction of sp³-hybridized carbons (Fsp3) is 0.227.